The Hall–Kier alpha value is -3.03. The lowest BCUT2D eigenvalue weighted by Crippen LogP contribution is -2.73. The highest BCUT2D eigenvalue weighted by molar-refractivity contribution is 6.01. The molecule has 2 aliphatic heterocycles. The van der Waals surface area contributed by atoms with Gasteiger partial charge in [-0.1, -0.05) is 30.3 Å². The predicted molar refractivity (Wildman–Crippen MR) is 76.0 cm³/mol. The molecule has 0 radical (unpaired) electrons. The molecule has 1 aromatic rings. The number of nitrogens with zero attached hydrogens (tertiary/aromatic N) is 1. The lowest BCUT2D eigenvalue weighted by Gasteiger charge is -2.48. The molecule has 2 amide bonds. The van der Waals surface area contributed by atoms with Crippen LogP contribution in [0.3, 0.4) is 0 Å². The second-order valence-electron chi connectivity index (χ2n) is 5.25. The third kappa shape index (κ3) is 2.59. The molecule has 0 unspecified atom stereocenters. The molecular formula is C15H14N2O6. The van der Waals surface area contributed by atoms with Crippen molar-refractivity contribution in [1.29, 1.82) is 0 Å². The lowest BCUT2D eigenvalue weighted by molar-refractivity contribution is -0.163. The van der Waals surface area contributed by atoms with Gasteiger partial charge in [-0.2, -0.15) is 0 Å². The van der Waals surface area contributed by atoms with Crippen molar-refractivity contribution in [3.63, 3.8) is 0 Å². The van der Waals surface area contributed by atoms with Gasteiger partial charge in [0.25, 0.3) is 5.91 Å². The van der Waals surface area contributed by atoms with E-state index < -0.39 is 35.6 Å². The Balaban J connectivity index is 1.67. The zero-order chi connectivity index (χ0) is 16.6. The van der Waals surface area contributed by atoms with Gasteiger partial charge in [0, 0.05) is 0 Å². The summed E-state index contributed by atoms with van der Waals surface area (Å²) in [5.41, 5.74) is 0.206. The fraction of sp³-hybridized carbons (Fsp3) is 0.267. The molecule has 0 aliphatic carbocycles. The first-order valence-electron chi connectivity index (χ1n) is 6.94. The van der Waals surface area contributed by atoms with Crippen LogP contribution in [0.4, 0.5) is 0 Å². The van der Waals surface area contributed by atoms with Crippen molar-refractivity contribution in [2.75, 3.05) is 6.61 Å². The fourth-order valence-electron chi connectivity index (χ4n) is 2.69. The molecule has 2 atom stereocenters. The number of carbonyl (C=O) groups is 3. The van der Waals surface area contributed by atoms with E-state index in [0.717, 1.165) is 10.5 Å². The van der Waals surface area contributed by atoms with Crippen molar-refractivity contribution < 1.29 is 29.3 Å². The standard InChI is InChI=1S/C15H14N2O6/c18-10(6-8-4-2-1-3-5-8)16-11-9-7-23-15(22)12(14(20)21)17(9)13(11)19/h1-5,9,11,22H,6-7H2,(H,16,18)(H,20,21)/t9-,11+/m0/s1. The number of aliphatic carboxylic acids is 1. The Kier molecular flexibility index (Phi) is 3.65. The van der Waals surface area contributed by atoms with Crippen molar-refractivity contribution in [3.8, 4) is 0 Å². The number of fused-ring (bicyclic) bond motifs is 1. The van der Waals surface area contributed by atoms with Crippen molar-refractivity contribution in [1.82, 2.24) is 10.2 Å². The molecule has 120 valence electrons. The summed E-state index contributed by atoms with van der Waals surface area (Å²) < 4.78 is 4.87. The van der Waals surface area contributed by atoms with Crippen LogP contribution in [0.2, 0.25) is 0 Å². The largest absolute Gasteiger partial charge is 0.479 e. The summed E-state index contributed by atoms with van der Waals surface area (Å²) in [4.78, 5) is 36.1. The predicted octanol–water partition coefficient (Wildman–Crippen LogP) is -0.233. The third-order valence-electron chi connectivity index (χ3n) is 3.78. The van der Waals surface area contributed by atoms with Crippen LogP contribution in [0.15, 0.2) is 42.0 Å². The molecule has 23 heavy (non-hydrogen) atoms. The molecule has 1 saturated heterocycles. The number of β-lactam (4-membered cyclic amide) rings is 1. The van der Waals surface area contributed by atoms with E-state index in [1.54, 1.807) is 24.3 Å². The van der Waals surface area contributed by atoms with Crippen LogP contribution in [-0.4, -0.2) is 51.6 Å². The number of rotatable bonds is 4. The number of ether oxygens (including phenoxy) is 1. The average molecular weight is 318 g/mol. The van der Waals surface area contributed by atoms with Crippen LogP contribution < -0.4 is 5.32 Å². The van der Waals surface area contributed by atoms with E-state index in [0.29, 0.717) is 0 Å². The maximum atomic E-state index is 12.1. The van der Waals surface area contributed by atoms with E-state index in [2.05, 4.69) is 5.32 Å². The first kappa shape index (κ1) is 14.9. The van der Waals surface area contributed by atoms with E-state index in [4.69, 9.17) is 9.84 Å². The van der Waals surface area contributed by atoms with Crippen LogP contribution in [0.1, 0.15) is 5.56 Å². The first-order chi connectivity index (χ1) is 11.0. The Morgan fingerprint density at radius 2 is 2.00 bits per heavy atom. The monoisotopic (exact) mass is 318 g/mol. The molecular weight excluding hydrogens is 304 g/mol. The number of nitrogens with one attached hydrogen (secondary N) is 1. The maximum absolute atomic E-state index is 12.1. The van der Waals surface area contributed by atoms with Crippen molar-refractivity contribution in [2.24, 2.45) is 0 Å². The molecule has 1 aromatic carbocycles. The Bertz CT molecular complexity index is 699. The van der Waals surface area contributed by atoms with E-state index in [9.17, 15) is 19.5 Å². The van der Waals surface area contributed by atoms with Gasteiger partial charge in [-0.05, 0) is 5.56 Å². The highest BCUT2D eigenvalue weighted by atomic mass is 16.6. The van der Waals surface area contributed by atoms with Gasteiger partial charge in [0.1, 0.15) is 18.7 Å². The zero-order valence-corrected chi connectivity index (χ0v) is 11.9. The molecule has 0 bridgehead atoms. The number of hydrogen-bond acceptors (Lipinski definition) is 5. The van der Waals surface area contributed by atoms with E-state index in [1.165, 1.54) is 0 Å². The molecule has 3 rings (SSSR count). The number of carbonyl (C=O) groups excluding carboxylic acids is 2. The van der Waals surface area contributed by atoms with Crippen LogP contribution in [0, 0.1) is 0 Å². The SMILES string of the molecule is O=C(Cc1ccccc1)N[C@H]1C(=O)N2C(C(=O)O)=C(O)OC[C@@H]12. The highest BCUT2D eigenvalue weighted by Crippen LogP contribution is 2.31. The summed E-state index contributed by atoms with van der Waals surface area (Å²) in [6.45, 7) is -0.0787. The number of aliphatic hydroxyl groups is 1. The number of aliphatic hydroxyl groups excluding tert-OH is 1. The van der Waals surface area contributed by atoms with Crippen LogP contribution in [0.5, 0.6) is 0 Å². The minimum atomic E-state index is -1.46. The normalized spacial score (nSPS) is 22.8. The van der Waals surface area contributed by atoms with Gasteiger partial charge in [-0.3, -0.25) is 14.5 Å². The summed E-state index contributed by atoms with van der Waals surface area (Å²) in [5, 5.41) is 21.1. The Labute approximate surface area is 131 Å². The summed E-state index contributed by atoms with van der Waals surface area (Å²) >= 11 is 0. The summed E-state index contributed by atoms with van der Waals surface area (Å²) in [6.07, 6.45) is 0.116. The lowest BCUT2D eigenvalue weighted by atomic mass is 9.93. The van der Waals surface area contributed by atoms with Gasteiger partial charge >= 0.3 is 11.9 Å². The number of benzene rings is 1. The summed E-state index contributed by atoms with van der Waals surface area (Å²) in [5.74, 6) is -3.18. The minimum Gasteiger partial charge on any atom is -0.479 e. The van der Waals surface area contributed by atoms with Crippen LogP contribution in [0.25, 0.3) is 0 Å². The molecule has 8 heteroatoms. The number of carboxylic acid groups (broad SMARTS) is 1. The molecule has 8 nitrogen and oxygen atoms in total. The molecule has 0 aromatic heterocycles. The van der Waals surface area contributed by atoms with Gasteiger partial charge in [0.05, 0.1) is 6.42 Å². The Morgan fingerprint density at radius 1 is 1.30 bits per heavy atom. The number of amides is 2. The molecule has 0 saturated carbocycles. The molecule has 1 fully saturated rings. The van der Waals surface area contributed by atoms with Gasteiger partial charge < -0.3 is 20.3 Å². The molecule has 3 N–H and O–H groups in total. The van der Waals surface area contributed by atoms with Crippen LogP contribution >= 0.6 is 0 Å². The topological polar surface area (TPSA) is 116 Å². The van der Waals surface area contributed by atoms with Crippen LogP contribution in [-0.2, 0) is 25.5 Å². The molecule has 0 spiro atoms. The number of hydrogen-bond donors (Lipinski definition) is 3. The van der Waals surface area contributed by atoms with Crippen molar-refractivity contribution in [3.05, 3.63) is 47.5 Å². The minimum absolute atomic E-state index is 0.0787. The summed E-state index contributed by atoms with van der Waals surface area (Å²) in [6, 6.07) is 7.54. The average Bonchev–Trinajstić information content (AvgIpc) is 2.53. The van der Waals surface area contributed by atoms with E-state index >= 15 is 0 Å². The third-order valence-corrected chi connectivity index (χ3v) is 3.78. The zero-order valence-electron chi connectivity index (χ0n) is 11.9. The van der Waals surface area contributed by atoms with E-state index in [-0.39, 0.29) is 18.9 Å². The smallest absolute Gasteiger partial charge is 0.360 e. The van der Waals surface area contributed by atoms with Gasteiger partial charge in [0.2, 0.25) is 11.6 Å². The van der Waals surface area contributed by atoms with Gasteiger partial charge in [-0.25, -0.2) is 4.79 Å². The Morgan fingerprint density at radius 3 is 2.65 bits per heavy atom. The second-order valence-corrected chi connectivity index (χ2v) is 5.25. The quantitative estimate of drug-likeness (QED) is 0.660. The highest BCUT2D eigenvalue weighted by Gasteiger charge is 2.55. The second kappa shape index (κ2) is 5.64. The number of carboxylic acids is 1. The van der Waals surface area contributed by atoms with Crippen molar-refractivity contribution >= 4 is 17.8 Å². The van der Waals surface area contributed by atoms with Gasteiger partial charge in [0.15, 0.2) is 0 Å². The van der Waals surface area contributed by atoms with Crippen molar-refractivity contribution in [2.45, 2.75) is 18.5 Å². The molecule has 2 heterocycles. The summed E-state index contributed by atoms with van der Waals surface area (Å²) in [7, 11) is 0. The van der Waals surface area contributed by atoms with E-state index in [1.807, 2.05) is 6.07 Å². The van der Waals surface area contributed by atoms with Gasteiger partial charge in [-0.15, -0.1) is 0 Å². The first-order valence-corrected chi connectivity index (χ1v) is 6.94. The molecule has 2 aliphatic rings. The maximum Gasteiger partial charge on any atom is 0.360 e. The fourth-order valence-corrected chi connectivity index (χ4v) is 2.69.